The lowest BCUT2D eigenvalue weighted by molar-refractivity contribution is 0.0709. The molecule has 1 rings (SSSR count). The van der Waals surface area contributed by atoms with Crippen LogP contribution in [0.3, 0.4) is 0 Å². The fraction of sp³-hybridized carbons (Fsp3) is 1.00. The average Bonchev–Trinajstić information content (AvgIpc) is 2.72. The minimum Gasteiger partial charge on any atom is -0.394 e. The Hall–Kier alpha value is 0.230. The van der Waals surface area contributed by atoms with Crippen LogP contribution < -0.4 is 0 Å². The SMILES string of the molecule is CS[C@@H]1CC[C@H](N(C)CCOCCO)C1. The van der Waals surface area contributed by atoms with Crippen molar-refractivity contribution in [2.45, 2.75) is 30.6 Å². The minimum absolute atomic E-state index is 0.127. The van der Waals surface area contributed by atoms with Gasteiger partial charge in [-0.3, -0.25) is 0 Å². The molecule has 0 unspecified atom stereocenters. The van der Waals surface area contributed by atoms with E-state index in [2.05, 4.69) is 18.2 Å². The Morgan fingerprint density at radius 1 is 1.40 bits per heavy atom. The van der Waals surface area contributed by atoms with Gasteiger partial charge >= 0.3 is 0 Å². The number of aliphatic hydroxyl groups is 1. The van der Waals surface area contributed by atoms with Crippen LogP contribution in [0, 0.1) is 0 Å². The van der Waals surface area contributed by atoms with E-state index in [4.69, 9.17) is 9.84 Å². The zero-order valence-electron chi connectivity index (χ0n) is 9.82. The van der Waals surface area contributed by atoms with E-state index in [1.165, 1.54) is 19.3 Å². The Bertz CT molecular complexity index is 169. The second-order valence-corrected chi connectivity index (χ2v) is 5.28. The van der Waals surface area contributed by atoms with Crippen molar-refractivity contribution in [2.24, 2.45) is 0 Å². The van der Waals surface area contributed by atoms with Crippen LogP contribution in [0.2, 0.25) is 0 Å². The normalized spacial score (nSPS) is 26.4. The van der Waals surface area contributed by atoms with E-state index in [0.717, 1.165) is 24.4 Å². The minimum atomic E-state index is 0.127. The number of hydrogen-bond donors (Lipinski definition) is 1. The highest BCUT2D eigenvalue weighted by atomic mass is 32.2. The summed E-state index contributed by atoms with van der Waals surface area (Å²) in [7, 11) is 2.18. The van der Waals surface area contributed by atoms with E-state index in [9.17, 15) is 0 Å². The molecule has 0 bridgehead atoms. The standard InChI is InChI=1S/C11H23NO2S/c1-12(5-7-14-8-6-13)10-3-4-11(9-10)15-2/h10-11,13H,3-9H2,1-2H3/t10-,11+/m0/s1. The molecule has 0 saturated heterocycles. The molecule has 1 fully saturated rings. The maximum absolute atomic E-state index is 8.57. The van der Waals surface area contributed by atoms with Crippen molar-refractivity contribution in [2.75, 3.05) is 39.7 Å². The van der Waals surface area contributed by atoms with E-state index >= 15 is 0 Å². The molecular weight excluding hydrogens is 210 g/mol. The maximum Gasteiger partial charge on any atom is 0.0698 e. The van der Waals surface area contributed by atoms with Gasteiger partial charge in [0.05, 0.1) is 19.8 Å². The third-order valence-electron chi connectivity index (χ3n) is 3.14. The fourth-order valence-electron chi connectivity index (χ4n) is 2.09. The molecule has 1 aliphatic rings. The lowest BCUT2D eigenvalue weighted by Crippen LogP contribution is -2.32. The molecule has 15 heavy (non-hydrogen) atoms. The van der Waals surface area contributed by atoms with Crippen LogP contribution in [-0.2, 0) is 4.74 Å². The monoisotopic (exact) mass is 233 g/mol. The number of thioether (sulfide) groups is 1. The van der Waals surface area contributed by atoms with Crippen LogP contribution in [-0.4, -0.2) is 61.0 Å². The highest BCUT2D eigenvalue weighted by Crippen LogP contribution is 2.30. The van der Waals surface area contributed by atoms with Gasteiger partial charge in [-0.15, -0.1) is 0 Å². The summed E-state index contributed by atoms with van der Waals surface area (Å²) in [5, 5.41) is 9.43. The van der Waals surface area contributed by atoms with Gasteiger partial charge in [0.2, 0.25) is 0 Å². The number of ether oxygens (including phenoxy) is 1. The Morgan fingerprint density at radius 2 is 2.20 bits per heavy atom. The third kappa shape index (κ3) is 4.72. The summed E-state index contributed by atoms with van der Waals surface area (Å²) in [5.74, 6) is 0. The second kappa shape index (κ2) is 7.49. The van der Waals surface area contributed by atoms with Crippen LogP contribution in [0.5, 0.6) is 0 Å². The molecule has 0 aromatic heterocycles. The largest absolute Gasteiger partial charge is 0.394 e. The number of rotatable bonds is 7. The highest BCUT2D eigenvalue weighted by Gasteiger charge is 2.26. The maximum atomic E-state index is 8.57. The van der Waals surface area contributed by atoms with Crippen molar-refractivity contribution < 1.29 is 9.84 Å². The van der Waals surface area contributed by atoms with E-state index < -0.39 is 0 Å². The predicted molar refractivity (Wildman–Crippen MR) is 65.5 cm³/mol. The van der Waals surface area contributed by atoms with E-state index in [-0.39, 0.29) is 6.61 Å². The molecule has 0 amide bonds. The van der Waals surface area contributed by atoms with Gasteiger partial charge in [0.15, 0.2) is 0 Å². The number of hydrogen-bond acceptors (Lipinski definition) is 4. The topological polar surface area (TPSA) is 32.7 Å². The molecular formula is C11H23NO2S. The van der Waals surface area contributed by atoms with E-state index in [1.54, 1.807) is 0 Å². The molecule has 1 saturated carbocycles. The van der Waals surface area contributed by atoms with Crippen molar-refractivity contribution in [3.05, 3.63) is 0 Å². The zero-order valence-corrected chi connectivity index (χ0v) is 10.6. The van der Waals surface area contributed by atoms with Crippen LogP contribution >= 0.6 is 11.8 Å². The summed E-state index contributed by atoms with van der Waals surface area (Å²) in [6.45, 7) is 2.30. The van der Waals surface area contributed by atoms with Gasteiger partial charge in [0, 0.05) is 17.8 Å². The van der Waals surface area contributed by atoms with Gasteiger partial charge in [0.25, 0.3) is 0 Å². The molecule has 0 aliphatic heterocycles. The summed E-state index contributed by atoms with van der Waals surface area (Å²) in [5.41, 5.74) is 0. The first kappa shape index (κ1) is 13.3. The van der Waals surface area contributed by atoms with Gasteiger partial charge in [0.1, 0.15) is 0 Å². The number of aliphatic hydroxyl groups excluding tert-OH is 1. The molecule has 2 atom stereocenters. The van der Waals surface area contributed by atoms with Gasteiger partial charge < -0.3 is 14.7 Å². The molecule has 1 aliphatic carbocycles. The van der Waals surface area contributed by atoms with Gasteiger partial charge in [-0.05, 0) is 32.6 Å². The molecule has 0 heterocycles. The molecule has 0 aromatic carbocycles. The van der Waals surface area contributed by atoms with E-state index in [0.29, 0.717) is 6.61 Å². The number of nitrogens with zero attached hydrogens (tertiary/aromatic N) is 1. The lowest BCUT2D eigenvalue weighted by Gasteiger charge is -2.24. The molecule has 0 aromatic rings. The quantitative estimate of drug-likeness (QED) is 0.670. The Balaban J connectivity index is 2.09. The molecule has 4 heteroatoms. The molecule has 0 spiro atoms. The fourth-order valence-corrected chi connectivity index (χ4v) is 2.88. The van der Waals surface area contributed by atoms with Crippen molar-refractivity contribution in [3.8, 4) is 0 Å². The zero-order chi connectivity index (χ0) is 11.1. The van der Waals surface area contributed by atoms with Crippen molar-refractivity contribution in [1.29, 1.82) is 0 Å². The summed E-state index contributed by atoms with van der Waals surface area (Å²) < 4.78 is 5.27. The van der Waals surface area contributed by atoms with Crippen LogP contribution in [0.15, 0.2) is 0 Å². The molecule has 1 N–H and O–H groups in total. The third-order valence-corrected chi connectivity index (χ3v) is 4.23. The smallest absolute Gasteiger partial charge is 0.0698 e. The van der Waals surface area contributed by atoms with Crippen molar-refractivity contribution in [3.63, 3.8) is 0 Å². The molecule has 3 nitrogen and oxygen atoms in total. The first-order chi connectivity index (χ1) is 7.27. The summed E-state index contributed by atoms with van der Waals surface area (Å²) >= 11 is 1.99. The van der Waals surface area contributed by atoms with Crippen LogP contribution in [0.4, 0.5) is 0 Å². The Kier molecular flexibility index (Phi) is 6.64. The number of likely N-dealkylation sites (N-methyl/N-ethyl adjacent to an activating group) is 1. The summed E-state index contributed by atoms with van der Waals surface area (Å²) in [6, 6.07) is 0.736. The average molecular weight is 233 g/mol. The predicted octanol–water partition coefficient (Wildman–Crippen LogP) is 1.21. The lowest BCUT2D eigenvalue weighted by atomic mass is 10.2. The Morgan fingerprint density at radius 3 is 2.80 bits per heavy atom. The summed E-state index contributed by atoms with van der Waals surface area (Å²) in [6.07, 6.45) is 6.20. The van der Waals surface area contributed by atoms with Gasteiger partial charge in [-0.25, -0.2) is 0 Å². The highest BCUT2D eigenvalue weighted by molar-refractivity contribution is 7.99. The van der Waals surface area contributed by atoms with Crippen LogP contribution in [0.1, 0.15) is 19.3 Å². The van der Waals surface area contributed by atoms with Gasteiger partial charge in [-0.2, -0.15) is 11.8 Å². The summed E-state index contributed by atoms with van der Waals surface area (Å²) in [4.78, 5) is 2.40. The van der Waals surface area contributed by atoms with Crippen molar-refractivity contribution >= 4 is 11.8 Å². The first-order valence-corrected chi connectivity index (χ1v) is 6.98. The first-order valence-electron chi connectivity index (χ1n) is 5.69. The second-order valence-electron chi connectivity index (χ2n) is 4.14. The van der Waals surface area contributed by atoms with Gasteiger partial charge in [-0.1, -0.05) is 0 Å². The van der Waals surface area contributed by atoms with Crippen LogP contribution in [0.25, 0.3) is 0 Å². The molecule has 90 valence electrons. The Labute approximate surface area is 97.2 Å². The van der Waals surface area contributed by atoms with E-state index in [1.807, 2.05) is 11.8 Å². The molecule has 0 radical (unpaired) electrons. The van der Waals surface area contributed by atoms with Crippen molar-refractivity contribution in [1.82, 2.24) is 4.90 Å².